The molecular weight excluding hydrogens is 338 g/mol. The van der Waals surface area contributed by atoms with Crippen LogP contribution in [0.25, 0.3) is 0 Å². The Balaban J connectivity index is 0.00000312. The number of unbranched alkanes of at least 4 members (excludes halogenated alkanes) is 1. The van der Waals surface area contributed by atoms with Gasteiger partial charge in [0.1, 0.15) is 0 Å². The highest BCUT2D eigenvalue weighted by atomic mass is 35.5. The number of hydrogen-bond donors (Lipinski definition) is 1. The maximum atomic E-state index is 12.6. The van der Waals surface area contributed by atoms with Crippen molar-refractivity contribution >= 4 is 24.2 Å². The van der Waals surface area contributed by atoms with Gasteiger partial charge < -0.3 is 15.5 Å². The van der Waals surface area contributed by atoms with Gasteiger partial charge in [0.2, 0.25) is 11.8 Å². The molecular formula is C19H30ClN3O2. The SMILES string of the molecule is CCC1CN(C(=O)CCCCN)CCC(=O)N1Cc1ccccc1.Cl. The van der Waals surface area contributed by atoms with Crippen LogP contribution in [-0.4, -0.2) is 47.3 Å². The fraction of sp³-hybridized carbons (Fsp3) is 0.579. The summed E-state index contributed by atoms with van der Waals surface area (Å²) in [6.45, 7) is 4.48. The van der Waals surface area contributed by atoms with Crippen LogP contribution >= 0.6 is 12.4 Å². The zero-order valence-corrected chi connectivity index (χ0v) is 15.8. The summed E-state index contributed by atoms with van der Waals surface area (Å²) >= 11 is 0. The van der Waals surface area contributed by atoms with E-state index in [-0.39, 0.29) is 30.3 Å². The van der Waals surface area contributed by atoms with Gasteiger partial charge in [0.15, 0.2) is 0 Å². The number of nitrogens with zero attached hydrogens (tertiary/aromatic N) is 2. The lowest BCUT2D eigenvalue weighted by Crippen LogP contribution is -2.43. The highest BCUT2D eigenvalue weighted by Gasteiger charge is 2.30. The summed E-state index contributed by atoms with van der Waals surface area (Å²) in [4.78, 5) is 28.8. The minimum Gasteiger partial charge on any atom is -0.340 e. The zero-order chi connectivity index (χ0) is 17.4. The van der Waals surface area contributed by atoms with Gasteiger partial charge in [0.05, 0.1) is 0 Å². The van der Waals surface area contributed by atoms with E-state index in [4.69, 9.17) is 5.73 Å². The minimum absolute atomic E-state index is 0. The number of halogens is 1. The van der Waals surface area contributed by atoms with Gasteiger partial charge in [-0.05, 0) is 31.4 Å². The molecule has 1 unspecified atom stereocenters. The Labute approximate surface area is 157 Å². The summed E-state index contributed by atoms with van der Waals surface area (Å²) in [5.41, 5.74) is 6.63. The molecule has 1 fully saturated rings. The van der Waals surface area contributed by atoms with Crippen LogP contribution in [0, 0.1) is 0 Å². The third-order valence-corrected chi connectivity index (χ3v) is 4.65. The van der Waals surface area contributed by atoms with Crippen LogP contribution in [0.3, 0.4) is 0 Å². The van der Waals surface area contributed by atoms with E-state index >= 15 is 0 Å². The van der Waals surface area contributed by atoms with Crippen molar-refractivity contribution in [3.05, 3.63) is 35.9 Å². The Hall–Kier alpha value is -1.59. The van der Waals surface area contributed by atoms with E-state index in [9.17, 15) is 9.59 Å². The van der Waals surface area contributed by atoms with Crippen molar-refractivity contribution in [1.82, 2.24) is 9.80 Å². The zero-order valence-electron chi connectivity index (χ0n) is 15.0. The molecule has 0 spiro atoms. The second-order valence-electron chi connectivity index (χ2n) is 6.40. The molecule has 1 aromatic rings. The highest BCUT2D eigenvalue weighted by molar-refractivity contribution is 5.85. The van der Waals surface area contributed by atoms with Crippen molar-refractivity contribution in [3.8, 4) is 0 Å². The lowest BCUT2D eigenvalue weighted by Gasteiger charge is -2.31. The van der Waals surface area contributed by atoms with Crippen LogP contribution in [0.5, 0.6) is 0 Å². The van der Waals surface area contributed by atoms with E-state index in [1.807, 2.05) is 40.1 Å². The second-order valence-corrected chi connectivity index (χ2v) is 6.40. The molecule has 1 saturated heterocycles. The number of rotatable bonds is 7. The van der Waals surface area contributed by atoms with E-state index in [1.165, 1.54) is 0 Å². The molecule has 2 amide bonds. The molecule has 0 bridgehead atoms. The first-order valence-corrected chi connectivity index (χ1v) is 8.97. The maximum absolute atomic E-state index is 12.6. The van der Waals surface area contributed by atoms with Gasteiger partial charge in [0.25, 0.3) is 0 Å². The van der Waals surface area contributed by atoms with Crippen LogP contribution in [0.15, 0.2) is 30.3 Å². The molecule has 1 heterocycles. The lowest BCUT2D eigenvalue weighted by atomic mass is 10.1. The first-order valence-electron chi connectivity index (χ1n) is 8.97. The number of nitrogens with two attached hydrogens (primary N) is 1. The molecule has 5 nitrogen and oxygen atoms in total. The summed E-state index contributed by atoms with van der Waals surface area (Å²) in [5.74, 6) is 0.291. The van der Waals surface area contributed by atoms with Crippen LogP contribution in [0.1, 0.15) is 44.6 Å². The monoisotopic (exact) mass is 367 g/mol. The average molecular weight is 368 g/mol. The molecule has 0 saturated carbocycles. The maximum Gasteiger partial charge on any atom is 0.224 e. The molecule has 0 aromatic heterocycles. The van der Waals surface area contributed by atoms with Gasteiger partial charge in [-0.3, -0.25) is 9.59 Å². The van der Waals surface area contributed by atoms with Crippen molar-refractivity contribution in [2.45, 2.75) is 51.6 Å². The van der Waals surface area contributed by atoms with Crippen LogP contribution in [0.2, 0.25) is 0 Å². The number of benzene rings is 1. The van der Waals surface area contributed by atoms with Crippen molar-refractivity contribution in [2.24, 2.45) is 5.73 Å². The Morgan fingerprint density at radius 1 is 1.24 bits per heavy atom. The molecule has 0 aliphatic carbocycles. The van der Waals surface area contributed by atoms with E-state index in [2.05, 4.69) is 6.92 Å². The number of amides is 2. The summed E-state index contributed by atoms with van der Waals surface area (Å²) in [7, 11) is 0. The number of carbonyl (C=O) groups is 2. The standard InChI is InChI=1S/C19H29N3O2.ClH/c1-2-17-15-21(18(23)10-6-7-12-20)13-11-19(24)22(17)14-16-8-4-3-5-9-16;/h3-5,8-9,17H,2,6-7,10-15,20H2,1H3;1H. The van der Waals surface area contributed by atoms with E-state index in [1.54, 1.807) is 0 Å². The number of hydrogen-bond acceptors (Lipinski definition) is 3. The summed E-state index contributed by atoms with van der Waals surface area (Å²) in [6, 6.07) is 10.1. The molecule has 6 heteroatoms. The molecule has 25 heavy (non-hydrogen) atoms. The Morgan fingerprint density at radius 2 is 1.96 bits per heavy atom. The smallest absolute Gasteiger partial charge is 0.224 e. The van der Waals surface area contributed by atoms with E-state index < -0.39 is 0 Å². The van der Waals surface area contributed by atoms with E-state index in [0.717, 1.165) is 24.8 Å². The van der Waals surface area contributed by atoms with Gasteiger partial charge in [0, 0.05) is 38.5 Å². The first-order chi connectivity index (χ1) is 11.7. The third-order valence-electron chi connectivity index (χ3n) is 4.65. The third kappa shape index (κ3) is 6.33. The van der Waals surface area contributed by atoms with Gasteiger partial charge >= 0.3 is 0 Å². The lowest BCUT2D eigenvalue weighted by molar-refractivity contribution is -0.133. The fourth-order valence-electron chi connectivity index (χ4n) is 3.17. The molecule has 140 valence electrons. The summed E-state index contributed by atoms with van der Waals surface area (Å²) in [5, 5.41) is 0. The van der Waals surface area contributed by atoms with Crippen molar-refractivity contribution < 1.29 is 9.59 Å². The Morgan fingerprint density at radius 3 is 2.60 bits per heavy atom. The van der Waals surface area contributed by atoms with Gasteiger partial charge in [-0.15, -0.1) is 12.4 Å². The summed E-state index contributed by atoms with van der Waals surface area (Å²) < 4.78 is 0. The Bertz CT molecular complexity index is 539. The molecule has 2 N–H and O–H groups in total. The predicted octanol–water partition coefficient (Wildman–Crippen LogP) is 2.58. The van der Waals surface area contributed by atoms with Gasteiger partial charge in [-0.1, -0.05) is 37.3 Å². The topological polar surface area (TPSA) is 66.6 Å². The number of carbonyl (C=O) groups excluding carboxylic acids is 2. The minimum atomic E-state index is 0. The first kappa shape index (κ1) is 21.5. The van der Waals surface area contributed by atoms with Gasteiger partial charge in [-0.2, -0.15) is 0 Å². The largest absolute Gasteiger partial charge is 0.340 e. The van der Waals surface area contributed by atoms with Gasteiger partial charge in [-0.25, -0.2) is 0 Å². The normalized spacial score (nSPS) is 17.8. The molecule has 1 aromatic carbocycles. The van der Waals surface area contributed by atoms with Crippen LogP contribution in [0.4, 0.5) is 0 Å². The molecule has 1 atom stereocenters. The molecule has 2 rings (SSSR count). The molecule has 0 radical (unpaired) electrons. The Kier molecular flexibility index (Phi) is 9.53. The van der Waals surface area contributed by atoms with Crippen LogP contribution in [-0.2, 0) is 16.1 Å². The van der Waals surface area contributed by atoms with Crippen LogP contribution < -0.4 is 5.73 Å². The average Bonchev–Trinajstić information content (AvgIpc) is 2.76. The quantitative estimate of drug-likeness (QED) is 0.753. The van der Waals surface area contributed by atoms with Crippen molar-refractivity contribution in [2.75, 3.05) is 19.6 Å². The second kappa shape index (κ2) is 11.1. The molecule has 1 aliphatic rings. The fourth-order valence-corrected chi connectivity index (χ4v) is 3.17. The predicted molar refractivity (Wildman–Crippen MR) is 102 cm³/mol. The van der Waals surface area contributed by atoms with Crippen molar-refractivity contribution in [1.29, 1.82) is 0 Å². The summed E-state index contributed by atoms with van der Waals surface area (Å²) in [6.07, 6.45) is 3.48. The molecule has 1 aliphatic heterocycles. The highest BCUT2D eigenvalue weighted by Crippen LogP contribution is 2.18. The van der Waals surface area contributed by atoms with E-state index in [0.29, 0.717) is 39.0 Å². The van der Waals surface area contributed by atoms with Crippen molar-refractivity contribution in [3.63, 3.8) is 0 Å².